The molecule has 0 radical (unpaired) electrons. The van der Waals surface area contributed by atoms with Gasteiger partial charge in [-0.15, -0.1) is 0 Å². The Morgan fingerprint density at radius 1 is 1.20 bits per heavy atom. The van der Waals surface area contributed by atoms with Crippen LogP contribution in [0.25, 0.3) is 0 Å². The molecule has 3 atom stereocenters. The van der Waals surface area contributed by atoms with Gasteiger partial charge in [0, 0.05) is 12.6 Å². The molecular weight excluding hydrogens is 270 g/mol. The Labute approximate surface area is 122 Å². The third-order valence-electron chi connectivity index (χ3n) is 5.38. The maximum absolute atomic E-state index is 12.9. The number of sulfonamides is 1. The molecule has 0 aromatic heterocycles. The molecule has 0 amide bonds. The average molecular weight is 293 g/mol. The van der Waals surface area contributed by atoms with E-state index in [1.807, 2.05) is 19.1 Å². The third kappa shape index (κ3) is 2.09. The molecule has 2 aliphatic rings. The summed E-state index contributed by atoms with van der Waals surface area (Å²) in [5, 5.41) is 0. The van der Waals surface area contributed by atoms with Crippen molar-refractivity contribution in [1.29, 1.82) is 0 Å². The molecule has 110 valence electrons. The quantitative estimate of drug-likeness (QED) is 0.839. The Morgan fingerprint density at radius 3 is 2.45 bits per heavy atom. The van der Waals surface area contributed by atoms with Crippen molar-refractivity contribution in [1.82, 2.24) is 4.31 Å². The summed E-state index contributed by atoms with van der Waals surface area (Å²) in [5.41, 5.74) is 1.24. The van der Waals surface area contributed by atoms with Crippen LogP contribution in [-0.4, -0.2) is 25.3 Å². The molecule has 2 fully saturated rings. The van der Waals surface area contributed by atoms with Crippen molar-refractivity contribution in [3.05, 3.63) is 29.8 Å². The van der Waals surface area contributed by atoms with Crippen LogP contribution in [0.15, 0.2) is 29.2 Å². The lowest BCUT2D eigenvalue weighted by Crippen LogP contribution is -2.35. The van der Waals surface area contributed by atoms with E-state index in [0.29, 0.717) is 17.4 Å². The van der Waals surface area contributed by atoms with Crippen LogP contribution in [0, 0.1) is 18.3 Å². The Bertz CT molecular complexity index is 608. The van der Waals surface area contributed by atoms with Gasteiger partial charge in [0.25, 0.3) is 0 Å². The van der Waals surface area contributed by atoms with E-state index in [-0.39, 0.29) is 11.5 Å². The molecular formula is C16H23NO2S. The molecule has 1 aromatic carbocycles. The molecule has 3 rings (SSSR count). The van der Waals surface area contributed by atoms with Gasteiger partial charge in [0.15, 0.2) is 0 Å². The van der Waals surface area contributed by atoms with Crippen molar-refractivity contribution in [3.63, 3.8) is 0 Å². The molecule has 4 heteroatoms. The monoisotopic (exact) mass is 293 g/mol. The van der Waals surface area contributed by atoms with Gasteiger partial charge < -0.3 is 0 Å². The van der Waals surface area contributed by atoms with Gasteiger partial charge in [-0.05, 0) is 49.7 Å². The molecule has 0 spiro atoms. The van der Waals surface area contributed by atoms with E-state index >= 15 is 0 Å². The second-order valence-electron chi connectivity index (χ2n) is 6.85. The highest BCUT2D eigenvalue weighted by Gasteiger charge is 2.51. The van der Waals surface area contributed by atoms with Gasteiger partial charge in [0.1, 0.15) is 0 Å². The van der Waals surface area contributed by atoms with Gasteiger partial charge in [-0.1, -0.05) is 31.5 Å². The van der Waals surface area contributed by atoms with Gasteiger partial charge in [-0.25, -0.2) is 8.42 Å². The fourth-order valence-corrected chi connectivity index (χ4v) is 5.50. The summed E-state index contributed by atoms with van der Waals surface area (Å²) in [6.07, 6.45) is 3.15. The summed E-state index contributed by atoms with van der Waals surface area (Å²) in [6, 6.07) is 7.42. The zero-order valence-corrected chi connectivity index (χ0v) is 13.3. The molecule has 1 aliphatic carbocycles. The summed E-state index contributed by atoms with van der Waals surface area (Å²) in [6.45, 7) is 7.16. The second-order valence-corrected chi connectivity index (χ2v) is 8.74. The van der Waals surface area contributed by atoms with Crippen LogP contribution in [0.1, 0.15) is 38.7 Å². The number of hydrogen-bond acceptors (Lipinski definition) is 2. The van der Waals surface area contributed by atoms with Crippen molar-refractivity contribution in [2.45, 2.75) is 51.0 Å². The molecule has 0 unspecified atom stereocenters. The number of nitrogens with zero attached hydrogens (tertiary/aromatic N) is 1. The maximum Gasteiger partial charge on any atom is 0.243 e. The number of rotatable bonds is 2. The molecule has 1 heterocycles. The van der Waals surface area contributed by atoms with Gasteiger partial charge >= 0.3 is 0 Å². The number of hydrogen-bond donors (Lipinski definition) is 0. The minimum Gasteiger partial charge on any atom is -0.207 e. The Kier molecular flexibility index (Phi) is 3.22. The van der Waals surface area contributed by atoms with Crippen LogP contribution < -0.4 is 0 Å². The lowest BCUT2D eigenvalue weighted by Gasteiger charge is -2.34. The van der Waals surface area contributed by atoms with E-state index in [9.17, 15) is 8.42 Å². The SMILES string of the molecule is Cc1ccc(S(=O)(=O)N2C[C@@]3(C)C[C@@H]2CC[C@@H]3C)cc1. The lowest BCUT2D eigenvalue weighted by molar-refractivity contribution is 0.179. The fourth-order valence-electron chi connectivity index (χ4n) is 3.71. The van der Waals surface area contributed by atoms with E-state index in [2.05, 4.69) is 13.8 Å². The smallest absolute Gasteiger partial charge is 0.207 e. The van der Waals surface area contributed by atoms with Crippen molar-refractivity contribution >= 4 is 10.0 Å². The van der Waals surface area contributed by atoms with Gasteiger partial charge in [0.05, 0.1) is 4.90 Å². The van der Waals surface area contributed by atoms with Crippen molar-refractivity contribution in [2.24, 2.45) is 11.3 Å². The molecule has 1 saturated carbocycles. The van der Waals surface area contributed by atoms with Gasteiger partial charge in [-0.2, -0.15) is 4.31 Å². The van der Waals surface area contributed by atoms with Crippen molar-refractivity contribution < 1.29 is 8.42 Å². The largest absolute Gasteiger partial charge is 0.243 e. The highest BCUT2D eigenvalue weighted by Crippen LogP contribution is 2.50. The number of aryl methyl sites for hydroxylation is 1. The molecule has 20 heavy (non-hydrogen) atoms. The Morgan fingerprint density at radius 2 is 1.85 bits per heavy atom. The topological polar surface area (TPSA) is 37.4 Å². The first-order valence-corrected chi connectivity index (χ1v) is 8.85. The number of fused-ring (bicyclic) bond motifs is 2. The highest BCUT2D eigenvalue weighted by molar-refractivity contribution is 7.89. The molecule has 1 aliphatic heterocycles. The average Bonchev–Trinajstić information content (AvgIpc) is 2.70. The fraction of sp³-hybridized carbons (Fsp3) is 0.625. The minimum atomic E-state index is -3.34. The summed E-state index contributed by atoms with van der Waals surface area (Å²) in [4.78, 5) is 0.437. The summed E-state index contributed by atoms with van der Waals surface area (Å²) >= 11 is 0. The van der Waals surface area contributed by atoms with Crippen LogP contribution in [0.2, 0.25) is 0 Å². The van der Waals surface area contributed by atoms with Crippen LogP contribution in [0.5, 0.6) is 0 Å². The number of benzene rings is 1. The zero-order chi connectivity index (χ0) is 14.5. The highest BCUT2D eigenvalue weighted by atomic mass is 32.2. The lowest BCUT2D eigenvalue weighted by atomic mass is 9.70. The molecule has 1 aromatic rings. The van der Waals surface area contributed by atoms with E-state index in [4.69, 9.17) is 0 Å². The first-order valence-electron chi connectivity index (χ1n) is 7.41. The summed E-state index contributed by atoms with van der Waals surface area (Å²) in [5.74, 6) is 0.608. The Balaban J connectivity index is 1.95. The first-order chi connectivity index (χ1) is 9.33. The molecule has 1 saturated heterocycles. The van der Waals surface area contributed by atoms with Crippen LogP contribution in [0.4, 0.5) is 0 Å². The predicted octanol–water partition coefficient (Wildman–Crippen LogP) is 3.19. The first kappa shape index (κ1) is 14.1. The standard InChI is InChI=1S/C16H23NO2S/c1-12-4-8-15(9-5-12)20(18,19)17-11-16(3)10-14(17)7-6-13(16)2/h4-5,8-9,13-14H,6-7,10-11H2,1-3H3/t13-,14-,16+/m0/s1. The second kappa shape index (κ2) is 4.57. The summed E-state index contributed by atoms with van der Waals surface area (Å²) < 4.78 is 27.5. The molecule has 2 bridgehead atoms. The normalized spacial score (nSPS) is 34.4. The minimum absolute atomic E-state index is 0.153. The maximum atomic E-state index is 12.9. The third-order valence-corrected chi connectivity index (χ3v) is 7.29. The van der Waals surface area contributed by atoms with Crippen molar-refractivity contribution in [2.75, 3.05) is 6.54 Å². The van der Waals surface area contributed by atoms with Crippen LogP contribution >= 0.6 is 0 Å². The molecule has 0 N–H and O–H groups in total. The van der Waals surface area contributed by atoms with E-state index in [1.165, 1.54) is 0 Å². The summed E-state index contributed by atoms with van der Waals surface area (Å²) in [7, 11) is -3.34. The molecule has 3 nitrogen and oxygen atoms in total. The zero-order valence-electron chi connectivity index (χ0n) is 12.5. The van der Waals surface area contributed by atoms with E-state index in [1.54, 1.807) is 16.4 Å². The van der Waals surface area contributed by atoms with Gasteiger partial charge in [-0.3, -0.25) is 0 Å². The Hall–Kier alpha value is -0.870. The van der Waals surface area contributed by atoms with Crippen LogP contribution in [-0.2, 0) is 10.0 Å². The van der Waals surface area contributed by atoms with E-state index in [0.717, 1.165) is 24.8 Å². The van der Waals surface area contributed by atoms with Gasteiger partial charge in [0.2, 0.25) is 10.0 Å². The van der Waals surface area contributed by atoms with Crippen LogP contribution in [0.3, 0.4) is 0 Å². The van der Waals surface area contributed by atoms with E-state index < -0.39 is 10.0 Å². The predicted molar refractivity (Wildman–Crippen MR) is 80.0 cm³/mol. The van der Waals surface area contributed by atoms with Crippen molar-refractivity contribution in [3.8, 4) is 0 Å².